The van der Waals surface area contributed by atoms with Crippen LogP contribution in [0, 0.1) is 0 Å². The minimum Gasteiger partial charge on any atom is -0.497 e. The van der Waals surface area contributed by atoms with E-state index >= 15 is 0 Å². The number of aliphatic imine (C=N–C) groups is 1. The number of hydrogen-bond donors (Lipinski definition) is 2. The van der Waals surface area contributed by atoms with Crippen molar-refractivity contribution in [3.05, 3.63) is 29.8 Å². The van der Waals surface area contributed by atoms with E-state index in [0.717, 1.165) is 24.2 Å². The molecule has 0 radical (unpaired) electrons. The van der Waals surface area contributed by atoms with Crippen LogP contribution in [-0.4, -0.2) is 52.1 Å². The maximum absolute atomic E-state index is 12.4. The largest absolute Gasteiger partial charge is 0.497 e. The average Bonchev–Trinajstić information content (AvgIpc) is 2.66. The third-order valence-corrected chi connectivity index (χ3v) is 4.74. The van der Waals surface area contributed by atoms with E-state index in [1.165, 1.54) is 0 Å². The van der Waals surface area contributed by atoms with Crippen molar-refractivity contribution in [2.24, 2.45) is 4.99 Å². The van der Waals surface area contributed by atoms with Gasteiger partial charge in [0.2, 0.25) is 0 Å². The van der Waals surface area contributed by atoms with Gasteiger partial charge in [0.1, 0.15) is 5.75 Å². The van der Waals surface area contributed by atoms with E-state index in [4.69, 9.17) is 9.47 Å². The third kappa shape index (κ3) is 7.65. The second-order valence-electron chi connectivity index (χ2n) is 6.61. The fraction of sp³-hybridized carbons (Fsp3) is 0.632. The molecule has 5 nitrogen and oxygen atoms in total. The van der Waals surface area contributed by atoms with Gasteiger partial charge in [0, 0.05) is 31.7 Å². The number of halogens is 4. The Kier molecular flexibility index (Phi) is 10.4. The highest BCUT2D eigenvalue weighted by atomic mass is 127. The molecule has 0 bridgehead atoms. The highest BCUT2D eigenvalue weighted by Gasteiger charge is 2.34. The predicted octanol–water partition coefficient (Wildman–Crippen LogP) is 3.87. The van der Waals surface area contributed by atoms with Gasteiger partial charge >= 0.3 is 6.18 Å². The lowest BCUT2D eigenvalue weighted by atomic mass is 9.74. The standard InChI is InChI=1S/C19H28F3N3O2.HI/c1-3-23-17(24-11-8-19(20,21)22)25-14-18(9-12-27-13-10-18)15-4-6-16(26-2)7-5-15;/h4-7H,3,8-14H2,1-2H3,(H2,23,24,25);1H. The van der Waals surface area contributed by atoms with Crippen LogP contribution >= 0.6 is 24.0 Å². The van der Waals surface area contributed by atoms with Crippen molar-refractivity contribution < 1.29 is 22.6 Å². The summed E-state index contributed by atoms with van der Waals surface area (Å²) < 4.78 is 47.9. The molecule has 160 valence electrons. The number of nitrogens with zero attached hydrogens (tertiary/aromatic N) is 1. The van der Waals surface area contributed by atoms with Gasteiger partial charge in [-0.15, -0.1) is 24.0 Å². The topological polar surface area (TPSA) is 54.9 Å². The molecule has 1 heterocycles. The number of rotatable bonds is 7. The molecule has 0 aliphatic carbocycles. The molecule has 0 amide bonds. The van der Waals surface area contributed by atoms with E-state index in [9.17, 15) is 13.2 Å². The Hall–Kier alpha value is -1.23. The van der Waals surface area contributed by atoms with Gasteiger partial charge in [-0.05, 0) is 37.5 Å². The van der Waals surface area contributed by atoms with Gasteiger partial charge in [-0.1, -0.05) is 12.1 Å². The molecule has 0 aromatic heterocycles. The lowest BCUT2D eigenvalue weighted by Crippen LogP contribution is -2.42. The van der Waals surface area contributed by atoms with Crippen LogP contribution in [0.1, 0.15) is 31.7 Å². The van der Waals surface area contributed by atoms with Gasteiger partial charge in [-0.2, -0.15) is 13.2 Å². The molecule has 2 N–H and O–H groups in total. The van der Waals surface area contributed by atoms with Gasteiger partial charge in [-0.25, -0.2) is 0 Å². The Bertz CT molecular complexity index is 603. The Balaban J connectivity index is 0.00000392. The maximum Gasteiger partial charge on any atom is 0.390 e. The maximum atomic E-state index is 12.4. The molecule has 1 aliphatic rings. The van der Waals surface area contributed by atoms with Crippen molar-refractivity contribution in [2.75, 3.05) is 40.0 Å². The zero-order valence-corrected chi connectivity index (χ0v) is 18.6. The van der Waals surface area contributed by atoms with Crippen molar-refractivity contribution in [3.8, 4) is 5.75 Å². The van der Waals surface area contributed by atoms with Gasteiger partial charge in [-0.3, -0.25) is 4.99 Å². The van der Waals surface area contributed by atoms with Crippen molar-refractivity contribution >= 4 is 29.9 Å². The molecule has 2 rings (SSSR count). The van der Waals surface area contributed by atoms with Crippen LogP contribution in [0.2, 0.25) is 0 Å². The minimum atomic E-state index is -4.19. The molecule has 0 atom stereocenters. The first-order valence-electron chi connectivity index (χ1n) is 9.20. The first-order chi connectivity index (χ1) is 12.9. The summed E-state index contributed by atoms with van der Waals surface area (Å²) in [6.45, 7) is 4.02. The van der Waals surface area contributed by atoms with E-state index in [-0.39, 0.29) is 35.9 Å². The lowest BCUT2D eigenvalue weighted by molar-refractivity contribution is -0.132. The number of hydrogen-bond acceptors (Lipinski definition) is 3. The van der Waals surface area contributed by atoms with Crippen LogP contribution in [-0.2, 0) is 10.2 Å². The van der Waals surface area contributed by atoms with Crippen molar-refractivity contribution in [1.82, 2.24) is 10.6 Å². The highest BCUT2D eigenvalue weighted by Crippen LogP contribution is 2.36. The van der Waals surface area contributed by atoms with Crippen LogP contribution in [0.3, 0.4) is 0 Å². The molecule has 1 aliphatic heterocycles. The van der Waals surface area contributed by atoms with Gasteiger partial charge < -0.3 is 20.1 Å². The predicted molar refractivity (Wildman–Crippen MR) is 115 cm³/mol. The fourth-order valence-electron chi connectivity index (χ4n) is 3.14. The number of alkyl halides is 3. The zero-order valence-electron chi connectivity index (χ0n) is 16.3. The first kappa shape index (κ1) is 24.8. The number of ether oxygens (including phenoxy) is 2. The molecular formula is C19H29F3IN3O2. The molecule has 9 heteroatoms. The van der Waals surface area contributed by atoms with Crippen LogP contribution in [0.15, 0.2) is 29.3 Å². The summed E-state index contributed by atoms with van der Waals surface area (Å²) in [5.74, 6) is 1.19. The number of benzene rings is 1. The molecular weight excluding hydrogens is 486 g/mol. The number of guanidine groups is 1. The van der Waals surface area contributed by atoms with Gasteiger partial charge in [0.05, 0.1) is 20.1 Å². The second-order valence-corrected chi connectivity index (χ2v) is 6.61. The molecule has 0 spiro atoms. The van der Waals surface area contributed by atoms with E-state index in [1.807, 2.05) is 31.2 Å². The van der Waals surface area contributed by atoms with Gasteiger partial charge in [0.25, 0.3) is 0 Å². The summed E-state index contributed by atoms with van der Waals surface area (Å²) in [5.41, 5.74) is 0.943. The molecule has 28 heavy (non-hydrogen) atoms. The third-order valence-electron chi connectivity index (χ3n) is 4.74. The van der Waals surface area contributed by atoms with E-state index in [0.29, 0.717) is 32.3 Å². The highest BCUT2D eigenvalue weighted by molar-refractivity contribution is 14.0. The second kappa shape index (κ2) is 11.7. The monoisotopic (exact) mass is 515 g/mol. The van der Waals surface area contributed by atoms with Crippen molar-refractivity contribution in [3.63, 3.8) is 0 Å². The number of methoxy groups -OCH3 is 1. The van der Waals surface area contributed by atoms with E-state index in [2.05, 4.69) is 15.6 Å². The molecule has 0 saturated carbocycles. The van der Waals surface area contributed by atoms with Crippen molar-refractivity contribution in [2.45, 2.75) is 37.8 Å². The van der Waals surface area contributed by atoms with Crippen LogP contribution in [0.4, 0.5) is 13.2 Å². The average molecular weight is 515 g/mol. The van der Waals surface area contributed by atoms with E-state index in [1.54, 1.807) is 7.11 Å². The smallest absolute Gasteiger partial charge is 0.390 e. The van der Waals surface area contributed by atoms with Crippen molar-refractivity contribution in [1.29, 1.82) is 0 Å². The molecule has 1 fully saturated rings. The molecule has 0 unspecified atom stereocenters. The summed E-state index contributed by atoms with van der Waals surface area (Å²) in [4.78, 5) is 4.59. The summed E-state index contributed by atoms with van der Waals surface area (Å²) >= 11 is 0. The Labute approximate surface area is 181 Å². The van der Waals surface area contributed by atoms with Crippen LogP contribution in [0.25, 0.3) is 0 Å². The van der Waals surface area contributed by atoms with Crippen LogP contribution < -0.4 is 15.4 Å². The zero-order chi connectivity index (χ0) is 19.8. The number of nitrogens with one attached hydrogen (secondary N) is 2. The van der Waals surface area contributed by atoms with E-state index < -0.39 is 12.6 Å². The summed E-state index contributed by atoms with van der Waals surface area (Å²) in [5, 5.41) is 5.79. The Morgan fingerprint density at radius 3 is 2.36 bits per heavy atom. The Morgan fingerprint density at radius 2 is 1.82 bits per heavy atom. The fourth-order valence-corrected chi connectivity index (χ4v) is 3.14. The summed E-state index contributed by atoms with van der Waals surface area (Å²) in [6.07, 6.45) is -3.46. The summed E-state index contributed by atoms with van der Waals surface area (Å²) in [7, 11) is 1.62. The minimum absolute atomic E-state index is 0. The Morgan fingerprint density at radius 1 is 1.18 bits per heavy atom. The lowest BCUT2D eigenvalue weighted by Gasteiger charge is -2.36. The molecule has 1 aromatic carbocycles. The first-order valence-corrected chi connectivity index (χ1v) is 9.20. The quantitative estimate of drug-likeness (QED) is 0.329. The van der Waals surface area contributed by atoms with Crippen LogP contribution in [0.5, 0.6) is 5.75 Å². The summed E-state index contributed by atoms with van der Waals surface area (Å²) in [6, 6.07) is 7.90. The van der Waals surface area contributed by atoms with Gasteiger partial charge in [0.15, 0.2) is 5.96 Å². The molecule has 1 aromatic rings. The SMILES string of the molecule is CCNC(=NCC1(c2ccc(OC)cc2)CCOCC1)NCCC(F)(F)F.I. The molecule has 1 saturated heterocycles. The normalized spacial score (nSPS) is 16.8.